The van der Waals surface area contributed by atoms with Crippen molar-refractivity contribution in [3.8, 4) is 0 Å². The highest BCUT2D eigenvalue weighted by molar-refractivity contribution is 9.09. The van der Waals surface area contributed by atoms with Crippen molar-refractivity contribution in [1.29, 1.82) is 0 Å². The lowest BCUT2D eigenvalue weighted by atomic mass is 9.94. The molecule has 0 bridgehead atoms. The van der Waals surface area contributed by atoms with Crippen molar-refractivity contribution in [3.63, 3.8) is 0 Å². The summed E-state index contributed by atoms with van der Waals surface area (Å²) in [6.07, 6.45) is 1.40. The molecule has 0 unspecified atom stereocenters. The third-order valence-corrected chi connectivity index (χ3v) is 5.26. The third-order valence-electron chi connectivity index (χ3n) is 2.53. The molecule has 1 aliphatic heterocycles. The molecule has 0 atom stereocenters. The van der Waals surface area contributed by atoms with Gasteiger partial charge in [0.2, 0.25) is 0 Å². The Kier molecular flexibility index (Phi) is 4.54. The van der Waals surface area contributed by atoms with E-state index in [1.165, 1.54) is 18.4 Å². The highest BCUT2D eigenvalue weighted by Gasteiger charge is 2.36. The Morgan fingerprint density at radius 2 is 1.93 bits per heavy atom. The first-order valence-electron chi connectivity index (χ1n) is 4.77. The molecule has 0 aromatic carbocycles. The summed E-state index contributed by atoms with van der Waals surface area (Å²) in [6, 6.07) is 0. The van der Waals surface area contributed by atoms with Gasteiger partial charge in [-0.05, 0) is 12.8 Å². The lowest BCUT2D eigenvalue weighted by Gasteiger charge is -2.36. The van der Waals surface area contributed by atoms with Crippen LogP contribution >= 0.6 is 15.9 Å². The summed E-state index contributed by atoms with van der Waals surface area (Å²) in [6.45, 7) is 1.20. The van der Waals surface area contributed by atoms with Crippen LogP contribution in [0.25, 0.3) is 0 Å². The van der Waals surface area contributed by atoms with Crippen LogP contribution < -0.4 is 4.72 Å². The Hall–Kier alpha value is 0.310. The topological polar surface area (TPSA) is 58.6 Å². The molecule has 90 valence electrons. The Balaban J connectivity index is 2.76. The van der Waals surface area contributed by atoms with Crippen molar-refractivity contribution in [1.82, 2.24) is 9.03 Å². The summed E-state index contributed by atoms with van der Waals surface area (Å²) < 4.78 is 32.6. The van der Waals surface area contributed by atoms with E-state index in [9.17, 15) is 8.42 Å². The monoisotopic (exact) mass is 300 g/mol. The largest absolute Gasteiger partial charge is 0.381 e. The zero-order valence-electron chi connectivity index (χ0n) is 8.99. The standard InChI is InChI=1S/C8H17BrN2O3S/c1-11(2)15(12,13)10-8(7-9)3-5-14-6-4-8/h10H,3-7H2,1-2H3. The molecule has 0 amide bonds. The number of ether oxygens (including phenoxy) is 1. The smallest absolute Gasteiger partial charge is 0.279 e. The van der Waals surface area contributed by atoms with Crippen LogP contribution in [0.3, 0.4) is 0 Å². The second kappa shape index (κ2) is 5.09. The van der Waals surface area contributed by atoms with Gasteiger partial charge in [0.25, 0.3) is 10.2 Å². The van der Waals surface area contributed by atoms with Crippen LogP contribution in [-0.2, 0) is 14.9 Å². The molecule has 1 saturated heterocycles. The minimum absolute atomic E-state index is 0.401. The molecule has 1 heterocycles. The highest BCUT2D eigenvalue weighted by atomic mass is 79.9. The molecule has 1 N–H and O–H groups in total. The quantitative estimate of drug-likeness (QED) is 0.761. The summed E-state index contributed by atoms with van der Waals surface area (Å²) in [4.78, 5) is 0. The number of hydrogen-bond donors (Lipinski definition) is 1. The van der Waals surface area contributed by atoms with E-state index >= 15 is 0 Å². The Morgan fingerprint density at radius 3 is 2.33 bits per heavy atom. The fraction of sp³-hybridized carbons (Fsp3) is 1.00. The van der Waals surface area contributed by atoms with Gasteiger partial charge in [0.05, 0.1) is 0 Å². The normalized spacial score (nSPS) is 21.9. The van der Waals surface area contributed by atoms with Gasteiger partial charge in [-0.25, -0.2) is 0 Å². The lowest BCUT2D eigenvalue weighted by Crippen LogP contribution is -2.55. The predicted molar refractivity (Wildman–Crippen MR) is 62.3 cm³/mol. The maximum atomic E-state index is 11.7. The predicted octanol–water partition coefficient (Wildman–Crippen LogP) is 0.327. The van der Waals surface area contributed by atoms with Gasteiger partial charge in [0.15, 0.2) is 0 Å². The van der Waals surface area contributed by atoms with E-state index in [4.69, 9.17) is 4.74 Å². The van der Waals surface area contributed by atoms with Crippen molar-refractivity contribution in [2.45, 2.75) is 18.4 Å². The van der Waals surface area contributed by atoms with Gasteiger partial charge in [0, 0.05) is 38.2 Å². The molecule has 1 rings (SSSR count). The van der Waals surface area contributed by atoms with Crippen LogP contribution in [0.15, 0.2) is 0 Å². The van der Waals surface area contributed by atoms with Crippen molar-refractivity contribution in [2.24, 2.45) is 0 Å². The number of alkyl halides is 1. The number of nitrogens with zero attached hydrogens (tertiary/aromatic N) is 1. The molecule has 0 spiro atoms. The van der Waals surface area contributed by atoms with E-state index in [-0.39, 0.29) is 0 Å². The summed E-state index contributed by atoms with van der Waals surface area (Å²) in [5.74, 6) is 0. The highest BCUT2D eigenvalue weighted by Crippen LogP contribution is 2.24. The van der Waals surface area contributed by atoms with Crippen LogP contribution in [0.1, 0.15) is 12.8 Å². The first kappa shape index (κ1) is 13.4. The summed E-state index contributed by atoms with van der Waals surface area (Å²) in [5.41, 5.74) is -0.401. The number of hydrogen-bond acceptors (Lipinski definition) is 3. The van der Waals surface area contributed by atoms with Gasteiger partial charge in [-0.15, -0.1) is 0 Å². The van der Waals surface area contributed by atoms with Gasteiger partial charge in [-0.1, -0.05) is 15.9 Å². The van der Waals surface area contributed by atoms with E-state index in [0.29, 0.717) is 31.4 Å². The van der Waals surface area contributed by atoms with E-state index in [1.807, 2.05) is 0 Å². The average Bonchev–Trinajstić information content (AvgIpc) is 2.18. The maximum Gasteiger partial charge on any atom is 0.279 e. The molecule has 7 heteroatoms. The van der Waals surface area contributed by atoms with Gasteiger partial charge < -0.3 is 4.74 Å². The van der Waals surface area contributed by atoms with Gasteiger partial charge >= 0.3 is 0 Å². The lowest BCUT2D eigenvalue weighted by molar-refractivity contribution is 0.0553. The SMILES string of the molecule is CN(C)S(=O)(=O)NC1(CBr)CCOCC1. The molecule has 1 fully saturated rings. The molecule has 0 aromatic heterocycles. The van der Waals surface area contributed by atoms with Crippen LogP contribution in [-0.4, -0.2) is 50.9 Å². The molecule has 0 aromatic rings. The van der Waals surface area contributed by atoms with Crippen molar-refractivity contribution in [3.05, 3.63) is 0 Å². The zero-order valence-corrected chi connectivity index (χ0v) is 11.4. The molecule has 0 saturated carbocycles. The zero-order chi connectivity index (χ0) is 11.5. The van der Waals surface area contributed by atoms with Gasteiger partial charge in [0.1, 0.15) is 0 Å². The molecule has 0 aliphatic carbocycles. The minimum Gasteiger partial charge on any atom is -0.381 e. The molecule has 1 aliphatic rings. The molecule has 15 heavy (non-hydrogen) atoms. The van der Waals surface area contributed by atoms with Crippen molar-refractivity contribution >= 4 is 26.1 Å². The number of nitrogens with one attached hydrogen (secondary N) is 1. The van der Waals surface area contributed by atoms with E-state index in [1.54, 1.807) is 0 Å². The second-order valence-electron chi connectivity index (χ2n) is 3.92. The van der Waals surface area contributed by atoms with E-state index < -0.39 is 15.7 Å². The Morgan fingerprint density at radius 1 is 1.40 bits per heavy atom. The summed E-state index contributed by atoms with van der Waals surface area (Å²) in [7, 11) is -0.336. The Labute approximate surface area is 99.5 Å². The molecule has 0 radical (unpaired) electrons. The Bertz CT molecular complexity index is 299. The van der Waals surface area contributed by atoms with Crippen LogP contribution in [0, 0.1) is 0 Å². The van der Waals surface area contributed by atoms with Crippen molar-refractivity contribution in [2.75, 3.05) is 32.6 Å². The van der Waals surface area contributed by atoms with E-state index in [2.05, 4.69) is 20.7 Å². The summed E-state index contributed by atoms with van der Waals surface area (Å²) >= 11 is 3.37. The van der Waals surface area contributed by atoms with Crippen molar-refractivity contribution < 1.29 is 13.2 Å². The van der Waals surface area contributed by atoms with Crippen LogP contribution in [0.5, 0.6) is 0 Å². The third kappa shape index (κ3) is 3.39. The second-order valence-corrected chi connectivity index (χ2v) is 6.36. The maximum absolute atomic E-state index is 11.7. The van der Waals surface area contributed by atoms with Crippen LogP contribution in [0.2, 0.25) is 0 Å². The first-order valence-corrected chi connectivity index (χ1v) is 7.33. The molecular weight excluding hydrogens is 284 g/mol. The number of rotatable bonds is 4. The fourth-order valence-electron chi connectivity index (χ4n) is 1.39. The van der Waals surface area contributed by atoms with Gasteiger partial charge in [-0.2, -0.15) is 17.4 Å². The molecular formula is C8H17BrN2O3S. The number of halogens is 1. The van der Waals surface area contributed by atoms with E-state index in [0.717, 1.165) is 0 Å². The minimum atomic E-state index is -3.37. The summed E-state index contributed by atoms with van der Waals surface area (Å²) in [5, 5.41) is 0.608. The first-order chi connectivity index (χ1) is 6.92. The molecule has 5 nitrogen and oxygen atoms in total. The van der Waals surface area contributed by atoms with Crippen LogP contribution in [0.4, 0.5) is 0 Å². The fourth-order valence-corrected chi connectivity index (χ4v) is 3.28. The van der Waals surface area contributed by atoms with Gasteiger partial charge in [-0.3, -0.25) is 0 Å². The average molecular weight is 301 g/mol.